The minimum atomic E-state index is 0.406. The van der Waals surface area contributed by atoms with E-state index in [2.05, 4.69) is 20.9 Å². The average Bonchev–Trinajstić information content (AvgIpc) is 2.20. The van der Waals surface area contributed by atoms with Crippen LogP contribution in [0, 0.1) is 0 Å². The van der Waals surface area contributed by atoms with Gasteiger partial charge in [0.15, 0.2) is 0 Å². The van der Waals surface area contributed by atoms with Gasteiger partial charge in [0, 0.05) is 6.07 Å². The number of halogens is 1. The van der Waals surface area contributed by atoms with Gasteiger partial charge in [-0.1, -0.05) is 0 Å². The number of aliphatic imine (C=N–C) groups is 1. The Balaban J connectivity index is 3.34. The molecular formula is C9H8BrNO3. The zero-order valence-electron chi connectivity index (χ0n) is 7.70. The lowest BCUT2D eigenvalue weighted by Gasteiger charge is -2.07. The molecule has 0 atom stereocenters. The molecule has 0 saturated carbocycles. The average molecular weight is 258 g/mol. The summed E-state index contributed by atoms with van der Waals surface area (Å²) in [5, 5.41) is 0. The Kier molecular flexibility index (Phi) is 3.68. The van der Waals surface area contributed by atoms with Gasteiger partial charge in [-0.2, -0.15) is 4.99 Å². The highest BCUT2D eigenvalue weighted by Gasteiger charge is 2.09. The number of carbonyl (C=O) groups excluding carboxylic acids is 1. The van der Waals surface area contributed by atoms with E-state index in [0.29, 0.717) is 21.7 Å². The number of rotatable bonds is 3. The summed E-state index contributed by atoms with van der Waals surface area (Å²) in [5.74, 6) is 1.08. The van der Waals surface area contributed by atoms with Crippen molar-refractivity contribution < 1.29 is 14.3 Å². The quantitative estimate of drug-likeness (QED) is 0.618. The predicted octanol–water partition coefficient (Wildman–Crippen LogP) is 2.43. The normalized spacial score (nSPS) is 9.07. The molecule has 0 unspecified atom stereocenters. The molecule has 0 aromatic heterocycles. The Morgan fingerprint density at radius 2 is 2.07 bits per heavy atom. The molecule has 1 aromatic carbocycles. The number of ether oxygens (including phenoxy) is 2. The summed E-state index contributed by atoms with van der Waals surface area (Å²) < 4.78 is 10.7. The van der Waals surface area contributed by atoms with Crippen molar-refractivity contribution in [3.63, 3.8) is 0 Å². The lowest BCUT2D eigenvalue weighted by Crippen LogP contribution is -1.88. The van der Waals surface area contributed by atoms with E-state index < -0.39 is 0 Å². The van der Waals surface area contributed by atoms with E-state index in [0.717, 1.165) is 0 Å². The molecule has 4 nitrogen and oxygen atoms in total. The molecule has 0 heterocycles. The van der Waals surface area contributed by atoms with Crippen molar-refractivity contribution in [2.24, 2.45) is 4.99 Å². The van der Waals surface area contributed by atoms with Gasteiger partial charge < -0.3 is 9.47 Å². The maximum absolute atomic E-state index is 10.1. The third-order valence-corrected chi connectivity index (χ3v) is 2.22. The summed E-state index contributed by atoms with van der Waals surface area (Å²) in [4.78, 5) is 13.7. The molecule has 1 aromatic rings. The van der Waals surface area contributed by atoms with Crippen molar-refractivity contribution in [3.05, 3.63) is 16.6 Å². The predicted molar refractivity (Wildman–Crippen MR) is 55.0 cm³/mol. The first kappa shape index (κ1) is 10.8. The van der Waals surface area contributed by atoms with Crippen LogP contribution in [0.4, 0.5) is 5.69 Å². The first-order chi connectivity index (χ1) is 6.72. The Morgan fingerprint density at radius 1 is 1.36 bits per heavy atom. The second-order valence-electron chi connectivity index (χ2n) is 2.36. The number of hydrogen-bond donors (Lipinski definition) is 0. The molecule has 0 aliphatic carbocycles. The smallest absolute Gasteiger partial charge is 0.240 e. The first-order valence-corrected chi connectivity index (χ1v) is 4.51. The summed E-state index contributed by atoms with van der Waals surface area (Å²) in [6, 6.07) is 3.33. The first-order valence-electron chi connectivity index (χ1n) is 3.72. The number of methoxy groups -OCH3 is 2. The highest BCUT2D eigenvalue weighted by atomic mass is 79.9. The molecule has 0 fully saturated rings. The van der Waals surface area contributed by atoms with E-state index in [1.54, 1.807) is 19.2 Å². The van der Waals surface area contributed by atoms with Crippen molar-refractivity contribution in [3.8, 4) is 11.5 Å². The Hall–Kier alpha value is -1.32. The number of benzene rings is 1. The Morgan fingerprint density at radius 3 is 2.57 bits per heavy atom. The third kappa shape index (κ3) is 2.13. The van der Waals surface area contributed by atoms with Gasteiger partial charge in [-0.05, 0) is 22.0 Å². The lowest BCUT2D eigenvalue weighted by molar-refractivity contribution is 0.394. The zero-order valence-corrected chi connectivity index (χ0v) is 9.29. The van der Waals surface area contributed by atoms with Gasteiger partial charge in [-0.25, -0.2) is 4.79 Å². The topological polar surface area (TPSA) is 47.9 Å². The minimum absolute atomic E-state index is 0.406. The largest absolute Gasteiger partial charge is 0.497 e. The number of isocyanates is 1. The maximum Gasteiger partial charge on any atom is 0.240 e. The standard InChI is InChI=1S/C9H8BrNO3/c1-13-6-3-7(10)9(11-5-12)8(4-6)14-2/h3-4H,1-2H3. The third-order valence-electron chi connectivity index (χ3n) is 1.62. The van der Waals surface area contributed by atoms with Gasteiger partial charge in [0.1, 0.15) is 17.2 Å². The molecular weight excluding hydrogens is 250 g/mol. The second-order valence-corrected chi connectivity index (χ2v) is 3.22. The van der Waals surface area contributed by atoms with Crippen molar-refractivity contribution in [2.75, 3.05) is 14.2 Å². The summed E-state index contributed by atoms with van der Waals surface area (Å²) in [5.41, 5.74) is 0.406. The molecule has 0 bridgehead atoms. The van der Waals surface area contributed by atoms with Crippen LogP contribution in [-0.4, -0.2) is 20.3 Å². The molecule has 0 radical (unpaired) electrons. The lowest BCUT2D eigenvalue weighted by atomic mass is 10.3. The van der Waals surface area contributed by atoms with Crippen molar-refractivity contribution in [1.29, 1.82) is 0 Å². The van der Waals surface area contributed by atoms with Gasteiger partial charge >= 0.3 is 0 Å². The van der Waals surface area contributed by atoms with Crippen molar-refractivity contribution >= 4 is 27.7 Å². The van der Waals surface area contributed by atoms with Gasteiger partial charge in [0.05, 0.1) is 18.7 Å². The van der Waals surface area contributed by atoms with E-state index in [9.17, 15) is 4.79 Å². The summed E-state index contributed by atoms with van der Waals surface area (Å²) in [6.45, 7) is 0. The van der Waals surface area contributed by atoms with Crippen LogP contribution in [0.1, 0.15) is 0 Å². The van der Waals surface area contributed by atoms with Crippen LogP contribution < -0.4 is 9.47 Å². The van der Waals surface area contributed by atoms with E-state index in [-0.39, 0.29) is 0 Å². The molecule has 0 saturated heterocycles. The fourth-order valence-corrected chi connectivity index (χ4v) is 1.49. The molecule has 0 aliphatic heterocycles. The van der Waals surface area contributed by atoms with Crippen LogP contribution in [-0.2, 0) is 4.79 Å². The van der Waals surface area contributed by atoms with Crippen LogP contribution in [0.5, 0.6) is 11.5 Å². The summed E-state index contributed by atoms with van der Waals surface area (Å²) in [6.07, 6.45) is 1.46. The zero-order chi connectivity index (χ0) is 10.6. The molecule has 0 aliphatic rings. The Labute approximate surface area is 89.7 Å². The molecule has 0 amide bonds. The molecule has 0 spiro atoms. The fourth-order valence-electron chi connectivity index (χ4n) is 0.978. The van der Waals surface area contributed by atoms with E-state index in [1.807, 2.05) is 0 Å². The van der Waals surface area contributed by atoms with Gasteiger partial charge in [-0.3, -0.25) is 0 Å². The molecule has 0 N–H and O–H groups in total. The van der Waals surface area contributed by atoms with Crippen molar-refractivity contribution in [2.45, 2.75) is 0 Å². The minimum Gasteiger partial charge on any atom is -0.497 e. The van der Waals surface area contributed by atoms with Crippen LogP contribution in [0.25, 0.3) is 0 Å². The van der Waals surface area contributed by atoms with Crippen LogP contribution in [0.3, 0.4) is 0 Å². The van der Waals surface area contributed by atoms with Gasteiger partial charge in [-0.15, -0.1) is 0 Å². The monoisotopic (exact) mass is 257 g/mol. The maximum atomic E-state index is 10.1. The number of hydrogen-bond acceptors (Lipinski definition) is 4. The highest BCUT2D eigenvalue weighted by molar-refractivity contribution is 9.10. The van der Waals surface area contributed by atoms with Gasteiger partial charge in [0.25, 0.3) is 0 Å². The summed E-state index contributed by atoms with van der Waals surface area (Å²) >= 11 is 3.25. The van der Waals surface area contributed by atoms with Crippen LogP contribution in [0.2, 0.25) is 0 Å². The van der Waals surface area contributed by atoms with E-state index >= 15 is 0 Å². The van der Waals surface area contributed by atoms with Crippen molar-refractivity contribution in [1.82, 2.24) is 0 Å². The Bertz CT molecular complexity index is 386. The van der Waals surface area contributed by atoms with Crippen LogP contribution in [0.15, 0.2) is 21.6 Å². The van der Waals surface area contributed by atoms with E-state index in [1.165, 1.54) is 13.2 Å². The fraction of sp³-hybridized carbons (Fsp3) is 0.222. The van der Waals surface area contributed by atoms with Crippen LogP contribution >= 0.6 is 15.9 Å². The molecule has 5 heteroatoms. The molecule has 74 valence electrons. The number of nitrogens with zero attached hydrogens (tertiary/aromatic N) is 1. The summed E-state index contributed by atoms with van der Waals surface area (Å²) in [7, 11) is 3.04. The molecule has 14 heavy (non-hydrogen) atoms. The highest BCUT2D eigenvalue weighted by Crippen LogP contribution is 2.38. The van der Waals surface area contributed by atoms with E-state index in [4.69, 9.17) is 9.47 Å². The SMILES string of the molecule is COc1cc(Br)c(N=C=O)c(OC)c1. The van der Waals surface area contributed by atoms with Gasteiger partial charge in [0.2, 0.25) is 6.08 Å². The molecule has 1 rings (SSSR count). The second kappa shape index (κ2) is 4.79.